The molecule has 1 saturated carbocycles. The van der Waals surface area contributed by atoms with Crippen LogP contribution in [0.1, 0.15) is 43.2 Å². The zero-order valence-electron chi connectivity index (χ0n) is 17.5. The molecule has 0 aliphatic heterocycles. The minimum absolute atomic E-state index is 0.0989. The molecule has 2 rings (SSSR count). The monoisotopic (exact) mass is 420 g/mol. The number of aliphatic hydroxyl groups is 2. The number of aliphatic carboxylic acids is 1. The number of rotatable bonds is 12. The van der Waals surface area contributed by atoms with E-state index in [0.29, 0.717) is 32.3 Å². The SMILES string of the molecule is COCc1cccc(C[C@@H](O)/C=C/[C@@H]2[C@@H](C/C=C\CCCC(=O)O)[C@@H](F)C[C@H]2O)c1. The topological polar surface area (TPSA) is 87.0 Å². The van der Waals surface area contributed by atoms with Gasteiger partial charge < -0.3 is 20.1 Å². The Morgan fingerprint density at radius 2 is 2.10 bits per heavy atom. The van der Waals surface area contributed by atoms with Gasteiger partial charge in [0.1, 0.15) is 6.17 Å². The first-order valence-corrected chi connectivity index (χ1v) is 10.5. The van der Waals surface area contributed by atoms with E-state index in [1.165, 1.54) is 0 Å². The highest BCUT2D eigenvalue weighted by Gasteiger charge is 2.40. The molecule has 5 atom stereocenters. The highest BCUT2D eigenvalue weighted by Crippen LogP contribution is 2.38. The predicted molar refractivity (Wildman–Crippen MR) is 114 cm³/mol. The Kier molecular flexibility index (Phi) is 10.2. The van der Waals surface area contributed by atoms with Crippen LogP contribution in [0.25, 0.3) is 0 Å². The van der Waals surface area contributed by atoms with E-state index in [2.05, 4.69) is 0 Å². The maximum atomic E-state index is 14.4. The van der Waals surface area contributed by atoms with E-state index < -0.39 is 24.3 Å². The van der Waals surface area contributed by atoms with E-state index in [4.69, 9.17) is 9.84 Å². The van der Waals surface area contributed by atoms with Gasteiger partial charge in [0.15, 0.2) is 0 Å². The number of unbranched alkanes of at least 4 members (excludes halogenated alkanes) is 1. The lowest BCUT2D eigenvalue weighted by molar-refractivity contribution is -0.137. The van der Waals surface area contributed by atoms with Crippen LogP contribution in [0.4, 0.5) is 4.39 Å². The van der Waals surface area contributed by atoms with Crippen molar-refractivity contribution in [1.29, 1.82) is 0 Å². The normalized spacial score (nSPS) is 25.3. The number of halogens is 1. The van der Waals surface area contributed by atoms with Gasteiger partial charge in [0.05, 0.1) is 18.8 Å². The van der Waals surface area contributed by atoms with Gasteiger partial charge in [0.2, 0.25) is 0 Å². The Hall–Kier alpha value is -2.02. The van der Waals surface area contributed by atoms with Crippen molar-refractivity contribution in [3.8, 4) is 0 Å². The fourth-order valence-corrected chi connectivity index (χ4v) is 3.99. The molecular weight excluding hydrogens is 387 g/mol. The van der Waals surface area contributed by atoms with E-state index in [9.17, 15) is 19.4 Å². The van der Waals surface area contributed by atoms with Crippen molar-refractivity contribution in [2.75, 3.05) is 7.11 Å². The van der Waals surface area contributed by atoms with Crippen LogP contribution in [0.3, 0.4) is 0 Å². The molecule has 0 heterocycles. The molecule has 0 radical (unpaired) electrons. The molecular formula is C24H33FO5. The van der Waals surface area contributed by atoms with Crippen LogP contribution in [0.5, 0.6) is 0 Å². The number of ether oxygens (including phenoxy) is 1. The first-order valence-electron chi connectivity index (χ1n) is 10.5. The van der Waals surface area contributed by atoms with Gasteiger partial charge in [-0.1, -0.05) is 48.6 Å². The fourth-order valence-electron chi connectivity index (χ4n) is 3.99. The molecule has 1 aliphatic rings. The molecule has 1 aromatic rings. The van der Waals surface area contributed by atoms with Gasteiger partial charge in [-0.2, -0.15) is 0 Å². The minimum atomic E-state index is -1.10. The average Bonchev–Trinajstić information content (AvgIpc) is 2.95. The number of hydrogen-bond acceptors (Lipinski definition) is 4. The predicted octanol–water partition coefficient (Wildman–Crippen LogP) is 3.83. The first kappa shape index (κ1) is 24.3. The zero-order chi connectivity index (χ0) is 21.9. The van der Waals surface area contributed by atoms with Crippen LogP contribution >= 0.6 is 0 Å². The third-order valence-corrected chi connectivity index (χ3v) is 5.51. The summed E-state index contributed by atoms with van der Waals surface area (Å²) in [6.45, 7) is 0.511. The molecule has 6 heteroatoms. The fraction of sp³-hybridized carbons (Fsp3) is 0.542. The summed E-state index contributed by atoms with van der Waals surface area (Å²) in [6.07, 6.45) is 6.89. The number of alkyl halides is 1. The third kappa shape index (κ3) is 8.01. The van der Waals surface area contributed by atoms with E-state index in [0.717, 1.165) is 11.1 Å². The van der Waals surface area contributed by atoms with Crippen LogP contribution in [-0.2, 0) is 22.6 Å². The summed E-state index contributed by atoms with van der Waals surface area (Å²) in [4.78, 5) is 10.5. The summed E-state index contributed by atoms with van der Waals surface area (Å²) in [5, 5.41) is 29.3. The van der Waals surface area contributed by atoms with Gasteiger partial charge in [-0.3, -0.25) is 4.79 Å². The molecule has 1 fully saturated rings. The smallest absolute Gasteiger partial charge is 0.303 e. The summed E-state index contributed by atoms with van der Waals surface area (Å²) >= 11 is 0. The molecule has 30 heavy (non-hydrogen) atoms. The number of hydrogen-bond donors (Lipinski definition) is 3. The van der Waals surface area contributed by atoms with Gasteiger partial charge >= 0.3 is 5.97 Å². The quantitative estimate of drug-likeness (QED) is 0.353. The zero-order valence-corrected chi connectivity index (χ0v) is 17.5. The highest BCUT2D eigenvalue weighted by molar-refractivity contribution is 5.66. The van der Waals surface area contributed by atoms with Crippen molar-refractivity contribution in [2.24, 2.45) is 11.8 Å². The first-order chi connectivity index (χ1) is 14.4. The largest absolute Gasteiger partial charge is 0.481 e. The summed E-state index contributed by atoms with van der Waals surface area (Å²) in [5.74, 6) is -1.51. The lowest BCUT2D eigenvalue weighted by Crippen LogP contribution is -2.19. The van der Waals surface area contributed by atoms with Gasteiger partial charge in [0, 0.05) is 38.2 Å². The molecule has 0 amide bonds. The Balaban J connectivity index is 1.89. The number of carboxylic acid groups (broad SMARTS) is 1. The van der Waals surface area contributed by atoms with Crippen molar-refractivity contribution in [2.45, 2.75) is 63.5 Å². The van der Waals surface area contributed by atoms with Gasteiger partial charge in [-0.25, -0.2) is 4.39 Å². The Morgan fingerprint density at radius 3 is 2.83 bits per heavy atom. The van der Waals surface area contributed by atoms with Crippen molar-refractivity contribution in [3.63, 3.8) is 0 Å². The van der Waals surface area contributed by atoms with E-state index >= 15 is 0 Å². The maximum Gasteiger partial charge on any atom is 0.303 e. The summed E-state index contributed by atoms with van der Waals surface area (Å²) < 4.78 is 19.5. The number of allylic oxidation sites excluding steroid dienone is 2. The van der Waals surface area contributed by atoms with Crippen LogP contribution < -0.4 is 0 Å². The van der Waals surface area contributed by atoms with Crippen molar-refractivity contribution in [1.82, 2.24) is 0 Å². The van der Waals surface area contributed by atoms with Gasteiger partial charge in [0.25, 0.3) is 0 Å². The van der Waals surface area contributed by atoms with Crippen LogP contribution in [0.2, 0.25) is 0 Å². The molecule has 0 unspecified atom stereocenters. The Bertz CT molecular complexity index is 717. The molecule has 0 bridgehead atoms. The summed E-state index contributed by atoms with van der Waals surface area (Å²) in [6, 6.07) is 7.81. The van der Waals surface area contributed by atoms with Crippen molar-refractivity contribution < 1.29 is 29.2 Å². The maximum absolute atomic E-state index is 14.4. The Morgan fingerprint density at radius 1 is 1.33 bits per heavy atom. The number of methoxy groups -OCH3 is 1. The summed E-state index contributed by atoms with van der Waals surface area (Å²) in [5.41, 5.74) is 2.02. The van der Waals surface area contributed by atoms with E-state index in [1.54, 1.807) is 19.3 Å². The Labute approximate surface area is 177 Å². The molecule has 1 aromatic carbocycles. The van der Waals surface area contributed by atoms with Crippen LogP contribution in [-0.4, -0.2) is 46.8 Å². The van der Waals surface area contributed by atoms with Crippen LogP contribution in [0.15, 0.2) is 48.6 Å². The standard InChI is InChI=1S/C24H33FO5/c1-30-16-18-8-6-7-17(13-18)14-19(26)11-12-21-20(22(25)15-23(21)27)9-4-2-3-5-10-24(28)29/h2,4,6-8,11-13,19-23,26-27H,3,5,9-10,14-16H2,1H3,(H,28,29)/b4-2-,12-11+/t19-,20+,21+,22-,23+/m0/s1. The highest BCUT2D eigenvalue weighted by atomic mass is 19.1. The molecule has 166 valence electrons. The van der Waals surface area contributed by atoms with Crippen molar-refractivity contribution in [3.05, 3.63) is 59.7 Å². The molecule has 3 N–H and O–H groups in total. The van der Waals surface area contributed by atoms with E-state index in [-0.39, 0.29) is 24.7 Å². The number of aliphatic hydroxyl groups excluding tert-OH is 2. The number of carboxylic acids is 1. The molecule has 0 spiro atoms. The summed E-state index contributed by atoms with van der Waals surface area (Å²) in [7, 11) is 1.64. The molecule has 5 nitrogen and oxygen atoms in total. The van der Waals surface area contributed by atoms with Crippen molar-refractivity contribution >= 4 is 5.97 Å². The van der Waals surface area contributed by atoms with E-state index in [1.807, 2.05) is 36.4 Å². The second kappa shape index (κ2) is 12.6. The average molecular weight is 421 g/mol. The third-order valence-electron chi connectivity index (χ3n) is 5.51. The molecule has 0 aromatic heterocycles. The van der Waals surface area contributed by atoms with Gasteiger partial charge in [-0.05, 0) is 30.4 Å². The van der Waals surface area contributed by atoms with Crippen LogP contribution in [0, 0.1) is 11.8 Å². The lowest BCUT2D eigenvalue weighted by atomic mass is 9.89. The second-order valence-corrected chi connectivity index (χ2v) is 7.96. The minimum Gasteiger partial charge on any atom is -0.481 e. The second-order valence-electron chi connectivity index (χ2n) is 7.96. The van der Waals surface area contributed by atoms with Gasteiger partial charge in [-0.15, -0.1) is 0 Å². The molecule has 0 saturated heterocycles. The number of carbonyl (C=O) groups is 1. The number of benzene rings is 1. The molecule has 1 aliphatic carbocycles. The lowest BCUT2D eigenvalue weighted by Gasteiger charge is -2.19.